The average molecular weight is 316 g/mol. The van der Waals surface area contributed by atoms with Gasteiger partial charge in [0.2, 0.25) is 0 Å². The van der Waals surface area contributed by atoms with E-state index in [4.69, 9.17) is 0 Å². The minimum absolute atomic E-state index is 0.174. The molecule has 0 aliphatic heterocycles. The predicted octanol–water partition coefficient (Wildman–Crippen LogP) is 1.80. The lowest BCUT2D eigenvalue weighted by Gasteiger charge is -2.17. The van der Waals surface area contributed by atoms with Gasteiger partial charge in [0, 0.05) is 5.56 Å². The van der Waals surface area contributed by atoms with E-state index in [-0.39, 0.29) is 5.92 Å². The first-order valence-corrected chi connectivity index (χ1v) is 7.37. The smallest absolute Gasteiger partial charge is 0.326 e. The van der Waals surface area contributed by atoms with E-state index < -0.39 is 17.9 Å². The second-order valence-corrected chi connectivity index (χ2v) is 5.84. The van der Waals surface area contributed by atoms with Crippen molar-refractivity contribution < 1.29 is 14.7 Å². The Morgan fingerprint density at radius 2 is 2.09 bits per heavy atom. The summed E-state index contributed by atoms with van der Waals surface area (Å²) in [5, 5.41) is 15.8. The van der Waals surface area contributed by atoms with Crippen molar-refractivity contribution in [2.45, 2.75) is 33.2 Å². The van der Waals surface area contributed by atoms with Crippen molar-refractivity contribution in [1.29, 1.82) is 0 Å². The zero-order valence-electron chi connectivity index (χ0n) is 13.4. The lowest BCUT2D eigenvalue weighted by atomic mass is 10.0. The maximum Gasteiger partial charge on any atom is 0.326 e. The number of aliphatic carboxylic acids is 1. The Labute approximate surface area is 134 Å². The molecule has 23 heavy (non-hydrogen) atoms. The highest BCUT2D eigenvalue weighted by molar-refractivity contribution is 5.97. The number of carboxylic acids is 1. The lowest BCUT2D eigenvalue weighted by molar-refractivity contribution is -0.139. The van der Waals surface area contributed by atoms with Crippen LogP contribution in [0.3, 0.4) is 0 Å². The van der Waals surface area contributed by atoms with Crippen molar-refractivity contribution in [2.24, 2.45) is 5.92 Å². The number of carbonyl (C=O) groups is 2. The Bertz CT molecular complexity index is 695. The monoisotopic (exact) mass is 316 g/mol. The zero-order chi connectivity index (χ0) is 17.0. The van der Waals surface area contributed by atoms with Gasteiger partial charge < -0.3 is 10.4 Å². The summed E-state index contributed by atoms with van der Waals surface area (Å²) in [4.78, 5) is 27.4. The number of hydrogen-bond donors (Lipinski definition) is 2. The highest BCUT2D eigenvalue weighted by atomic mass is 16.4. The van der Waals surface area contributed by atoms with E-state index in [2.05, 4.69) is 15.4 Å². The number of hydrogen-bond acceptors (Lipinski definition) is 4. The standard InChI is InChI=1S/C16H20N4O3/c1-10(2)6-13(16(22)23)19-15(21)12-4-5-14(11(3)7-12)20-9-17-8-18-20/h4-5,7-10,13H,6H2,1-3H3,(H,19,21)(H,22,23)/t13-/m1/s1. The molecular weight excluding hydrogens is 296 g/mol. The fraction of sp³-hybridized carbons (Fsp3) is 0.375. The van der Waals surface area contributed by atoms with Crippen molar-refractivity contribution in [1.82, 2.24) is 20.1 Å². The number of nitrogens with one attached hydrogen (secondary N) is 1. The number of nitrogens with zero attached hydrogens (tertiary/aromatic N) is 3. The fourth-order valence-corrected chi connectivity index (χ4v) is 2.32. The Hall–Kier alpha value is -2.70. The molecule has 1 aromatic heterocycles. The minimum atomic E-state index is -1.02. The number of carbonyl (C=O) groups excluding carboxylic acids is 1. The molecule has 2 rings (SSSR count). The van der Waals surface area contributed by atoms with Gasteiger partial charge in [0.25, 0.3) is 5.91 Å². The van der Waals surface area contributed by atoms with Gasteiger partial charge in [-0.15, -0.1) is 0 Å². The van der Waals surface area contributed by atoms with Crippen molar-refractivity contribution in [3.05, 3.63) is 42.0 Å². The summed E-state index contributed by atoms with van der Waals surface area (Å²) in [5.74, 6) is -1.25. The van der Waals surface area contributed by atoms with Crippen LogP contribution >= 0.6 is 0 Å². The molecule has 0 saturated heterocycles. The number of rotatable bonds is 6. The molecule has 0 radical (unpaired) electrons. The van der Waals surface area contributed by atoms with Crippen molar-refractivity contribution in [2.75, 3.05) is 0 Å². The lowest BCUT2D eigenvalue weighted by Crippen LogP contribution is -2.41. The third-order valence-electron chi connectivity index (χ3n) is 3.44. The molecule has 122 valence electrons. The van der Waals surface area contributed by atoms with Gasteiger partial charge >= 0.3 is 5.97 Å². The van der Waals surface area contributed by atoms with E-state index in [1.807, 2.05) is 20.8 Å². The van der Waals surface area contributed by atoms with Crippen LogP contribution in [0, 0.1) is 12.8 Å². The Morgan fingerprint density at radius 1 is 1.35 bits per heavy atom. The van der Waals surface area contributed by atoms with Gasteiger partial charge in [-0.3, -0.25) is 4.79 Å². The molecule has 1 heterocycles. The van der Waals surface area contributed by atoms with Gasteiger partial charge in [-0.2, -0.15) is 5.10 Å². The van der Waals surface area contributed by atoms with E-state index in [1.54, 1.807) is 29.2 Å². The van der Waals surface area contributed by atoms with E-state index in [9.17, 15) is 14.7 Å². The summed E-state index contributed by atoms with van der Waals surface area (Å²) in [5.41, 5.74) is 2.08. The molecule has 1 aromatic carbocycles. The minimum Gasteiger partial charge on any atom is -0.480 e. The summed E-state index contributed by atoms with van der Waals surface area (Å²) in [7, 11) is 0. The molecule has 1 amide bonds. The van der Waals surface area contributed by atoms with E-state index >= 15 is 0 Å². The van der Waals surface area contributed by atoms with Crippen LogP contribution in [0.25, 0.3) is 5.69 Å². The van der Waals surface area contributed by atoms with Gasteiger partial charge in [0.1, 0.15) is 18.7 Å². The molecule has 2 aromatic rings. The Morgan fingerprint density at radius 3 is 2.61 bits per heavy atom. The first-order chi connectivity index (χ1) is 10.9. The predicted molar refractivity (Wildman–Crippen MR) is 84.4 cm³/mol. The summed E-state index contributed by atoms with van der Waals surface area (Å²) in [6.45, 7) is 5.69. The van der Waals surface area contributed by atoms with Crippen LogP contribution in [0.15, 0.2) is 30.9 Å². The van der Waals surface area contributed by atoms with Crippen LogP contribution in [-0.2, 0) is 4.79 Å². The van der Waals surface area contributed by atoms with Gasteiger partial charge in [-0.1, -0.05) is 13.8 Å². The topological polar surface area (TPSA) is 97.1 Å². The normalized spacial score (nSPS) is 12.2. The Balaban J connectivity index is 2.16. The van der Waals surface area contributed by atoms with Crippen LogP contribution in [0.2, 0.25) is 0 Å². The van der Waals surface area contributed by atoms with Crippen LogP contribution in [0.5, 0.6) is 0 Å². The number of aromatic nitrogens is 3. The molecule has 0 unspecified atom stereocenters. The highest BCUT2D eigenvalue weighted by Crippen LogP contribution is 2.15. The van der Waals surface area contributed by atoms with E-state index in [1.165, 1.54) is 6.33 Å². The summed E-state index contributed by atoms with van der Waals surface area (Å²) in [6.07, 6.45) is 3.39. The molecule has 2 N–H and O–H groups in total. The Kier molecular flexibility index (Phi) is 5.10. The largest absolute Gasteiger partial charge is 0.480 e. The van der Waals surface area contributed by atoms with Crippen LogP contribution < -0.4 is 5.32 Å². The number of benzene rings is 1. The second-order valence-electron chi connectivity index (χ2n) is 5.84. The second kappa shape index (κ2) is 7.04. The molecule has 0 fully saturated rings. The maximum absolute atomic E-state index is 12.3. The van der Waals surface area contributed by atoms with Crippen molar-refractivity contribution >= 4 is 11.9 Å². The number of aryl methyl sites for hydroxylation is 1. The number of carboxylic acid groups (broad SMARTS) is 1. The molecule has 0 saturated carbocycles. The van der Waals surface area contributed by atoms with Gasteiger partial charge in [0.15, 0.2) is 0 Å². The van der Waals surface area contributed by atoms with Crippen molar-refractivity contribution in [3.63, 3.8) is 0 Å². The van der Waals surface area contributed by atoms with Gasteiger partial charge in [0.05, 0.1) is 5.69 Å². The fourth-order valence-electron chi connectivity index (χ4n) is 2.32. The zero-order valence-corrected chi connectivity index (χ0v) is 13.4. The quantitative estimate of drug-likeness (QED) is 0.847. The summed E-state index contributed by atoms with van der Waals surface area (Å²) in [6, 6.07) is 4.23. The van der Waals surface area contributed by atoms with E-state index in [0.29, 0.717) is 12.0 Å². The van der Waals surface area contributed by atoms with Gasteiger partial charge in [-0.25, -0.2) is 14.5 Å². The third kappa shape index (κ3) is 4.15. The summed E-state index contributed by atoms with van der Waals surface area (Å²) >= 11 is 0. The molecule has 0 aliphatic carbocycles. The van der Waals surface area contributed by atoms with Crippen LogP contribution in [0.4, 0.5) is 0 Å². The first kappa shape index (κ1) is 16.7. The SMILES string of the molecule is Cc1cc(C(=O)N[C@H](CC(C)C)C(=O)O)ccc1-n1cncn1. The van der Waals surface area contributed by atoms with E-state index in [0.717, 1.165) is 11.3 Å². The van der Waals surface area contributed by atoms with Crippen LogP contribution in [-0.4, -0.2) is 37.8 Å². The first-order valence-electron chi connectivity index (χ1n) is 7.37. The maximum atomic E-state index is 12.3. The molecule has 7 nitrogen and oxygen atoms in total. The van der Waals surface area contributed by atoms with Crippen LogP contribution in [0.1, 0.15) is 36.2 Å². The molecule has 1 atom stereocenters. The molecule has 0 spiro atoms. The van der Waals surface area contributed by atoms with Gasteiger partial charge in [-0.05, 0) is 43.0 Å². The molecular formula is C16H20N4O3. The molecule has 0 aliphatic rings. The average Bonchev–Trinajstić information content (AvgIpc) is 2.99. The van der Waals surface area contributed by atoms with Crippen molar-refractivity contribution in [3.8, 4) is 5.69 Å². The molecule has 7 heteroatoms. The third-order valence-corrected chi connectivity index (χ3v) is 3.44. The molecule has 0 bridgehead atoms. The number of amides is 1. The summed E-state index contributed by atoms with van der Waals surface area (Å²) < 4.78 is 1.61. The highest BCUT2D eigenvalue weighted by Gasteiger charge is 2.22.